The average Bonchev–Trinajstić information content (AvgIpc) is 2.16. The van der Waals surface area contributed by atoms with Crippen molar-refractivity contribution in [2.75, 3.05) is 26.3 Å². The second-order valence-corrected chi connectivity index (χ2v) is 3.84. The zero-order valence-corrected chi connectivity index (χ0v) is 9.06. The standard InChI is InChI=1S/C10H17NO4/c1-8(12)7-10(2,14)9(13)11-3-5-15-6-4-11/h7,12,14H,3-6H2,1-2H3/b8-7-. The van der Waals surface area contributed by atoms with Crippen LogP contribution in [0.4, 0.5) is 0 Å². The predicted molar refractivity (Wildman–Crippen MR) is 54.4 cm³/mol. The van der Waals surface area contributed by atoms with Crippen molar-refractivity contribution in [3.05, 3.63) is 11.8 Å². The summed E-state index contributed by atoms with van der Waals surface area (Å²) in [7, 11) is 0. The second kappa shape index (κ2) is 4.63. The highest BCUT2D eigenvalue weighted by molar-refractivity contribution is 5.86. The van der Waals surface area contributed by atoms with Crippen molar-refractivity contribution < 1.29 is 19.7 Å². The van der Waals surface area contributed by atoms with Crippen LogP contribution in [0.25, 0.3) is 0 Å². The van der Waals surface area contributed by atoms with Crippen LogP contribution in [-0.2, 0) is 9.53 Å². The largest absolute Gasteiger partial charge is 0.513 e. The van der Waals surface area contributed by atoms with Crippen LogP contribution in [0.15, 0.2) is 11.8 Å². The molecule has 1 fully saturated rings. The van der Waals surface area contributed by atoms with Gasteiger partial charge in [0.15, 0.2) is 5.60 Å². The van der Waals surface area contributed by atoms with E-state index in [2.05, 4.69) is 0 Å². The molecule has 0 saturated carbocycles. The molecule has 0 aliphatic carbocycles. The molecule has 86 valence electrons. The fourth-order valence-corrected chi connectivity index (χ4v) is 1.56. The molecule has 1 amide bonds. The molecule has 1 rings (SSSR count). The maximum atomic E-state index is 11.8. The van der Waals surface area contributed by atoms with Gasteiger partial charge in [-0.3, -0.25) is 4.79 Å². The molecule has 1 unspecified atom stereocenters. The molecule has 1 aliphatic rings. The number of rotatable bonds is 2. The molecule has 0 bridgehead atoms. The Labute approximate surface area is 89.0 Å². The number of aliphatic hydroxyl groups excluding tert-OH is 1. The summed E-state index contributed by atoms with van der Waals surface area (Å²) in [6, 6.07) is 0. The quantitative estimate of drug-likeness (QED) is 0.639. The van der Waals surface area contributed by atoms with Gasteiger partial charge >= 0.3 is 0 Å². The molecule has 2 N–H and O–H groups in total. The maximum Gasteiger partial charge on any atom is 0.258 e. The lowest BCUT2D eigenvalue weighted by Crippen LogP contribution is -2.50. The number of nitrogens with zero attached hydrogens (tertiary/aromatic N) is 1. The number of aliphatic hydroxyl groups is 2. The molecule has 0 spiro atoms. The van der Waals surface area contributed by atoms with Crippen molar-refractivity contribution in [3.8, 4) is 0 Å². The van der Waals surface area contributed by atoms with Gasteiger partial charge < -0.3 is 19.8 Å². The van der Waals surface area contributed by atoms with Crippen LogP contribution in [0, 0.1) is 0 Å². The lowest BCUT2D eigenvalue weighted by Gasteiger charge is -2.31. The Kier molecular flexibility index (Phi) is 3.71. The number of morpholine rings is 1. The van der Waals surface area contributed by atoms with E-state index in [0.717, 1.165) is 6.08 Å². The molecule has 0 radical (unpaired) electrons. The Hall–Kier alpha value is -1.07. The third kappa shape index (κ3) is 3.21. The summed E-state index contributed by atoms with van der Waals surface area (Å²) >= 11 is 0. The molecule has 1 atom stereocenters. The van der Waals surface area contributed by atoms with Crippen LogP contribution in [0.1, 0.15) is 13.8 Å². The van der Waals surface area contributed by atoms with Crippen LogP contribution in [0.2, 0.25) is 0 Å². The summed E-state index contributed by atoms with van der Waals surface area (Å²) in [5.41, 5.74) is -1.64. The first-order valence-electron chi connectivity index (χ1n) is 4.91. The smallest absolute Gasteiger partial charge is 0.258 e. The van der Waals surface area contributed by atoms with Crippen molar-refractivity contribution in [2.24, 2.45) is 0 Å². The van der Waals surface area contributed by atoms with Gasteiger partial charge in [0.2, 0.25) is 0 Å². The minimum atomic E-state index is -1.64. The number of carbonyl (C=O) groups excluding carboxylic acids is 1. The molecule has 0 aromatic carbocycles. The molecular weight excluding hydrogens is 198 g/mol. The summed E-state index contributed by atoms with van der Waals surface area (Å²) in [4.78, 5) is 13.4. The van der Waals surface area contributed by atoms with Crippen LogP contribution >= 0.6 is 0 Å². The van der Waals surface area contributed by atoms with Gasteiger partial charge in [-0.2, -0.15) is 0 Å². The molecule has 1 saturated heterocycles. The van der Waals surface area contributed by atoms with Gasteiger partial charge in [-0.25, -0.2) is 0 Å². The Morgan fingerprint density at radius 2 is 2.00 bits per heavy atom. The van der Waals surface area contributed by atoms with E-state index in [-0.39, 0.29) is 5.76 Å². The Balaban J connectivity index is 2.69. The number of amides is 1. The monoisotopic (exact) mass is 215 g/mol. The minimum absolute atomic E-state index is 0.0680. The first kappa shape index (κ1) is 12.0. The van der Waals surface area contributed by atoms with Gasteiger partial charge in [0.05, 0.1) is 19.0 Å². The van der Waals surface area contributed by atoms with E-state index in [0.29, 0.717) is 26.3 Å². The zero-order chi connectivity index (χ0) is 11.5. The molecule has 5 nitrogen and oxygen atoms in total. The third-order valence-electron chi connectivity index (χ3n) is 2.22. The number of hydrogen-bond donors (Lipinski definition) is 2. The van der Waals surface area contributed by atoms with Crippen LogP contribution in [-0.4, -0.2) is 52.9 Å². The SMILES string of the molecule is C/C(O)=C/C(C)(O)C(=O)N1CCOCC1. The van der Waals surface area contributed by atoms with E-state index in [1.807, 2.05) is 0 Å². The van der Waals surface area contributed by atoms with Gasteiger partial charge in [-0.05, 0) is 19.9 Å². The van der Waals surface area contributed by atoms with Gasteiger partial charge in [0, 0.05) is 13.1 Å². The minimum Gasteiger partial charge on any atom is -0.513 e. The maximum absolute atomic E-state index is 11.8. The van der Waals surface area contributed by atoms with E-state index in [1.54, 1.807) is 0 Å². The van der Waals surface area contributed by atoms with E-state index in [4.69, 9.17) is 9.84 Å². The van der Waals surface area contributed by atoms with Crippen molar-refractivity contribution in [1.82, 2.24) is 4.90 Å². The molecule has 1 heterocycles. The van der Waals surface area contributed by atoms with Crippen LogP contribution in [0.3, 0.4) is 0 Å². The molecule has 15 heavy (non-hydrogen) atoms. The summed E-state index contributed by atoms with van der Waals surface area (Å²) in [5.74, 6) is -0.471. The van der Waals surface area contributed by atoms with Crippen molar-refractivity contribution in [1.29, 1.82) is 0 Å². The van der Waals surface area contributed by atoms with E-state index < -0.39 is 11.5 Å². The third-order valence-corrected chi connectivity index (χ3v) is 2.22. The number of allylic oxidation sites excluding steroid dienone is 1. The number of ether oxygens (including phenoxy) is 1. The Morgan fingerprint density at radius 3 is 2.47 bits per heavy atom. The summed E-state index contributed by atoms with van der Waals surface area (Å²) in [6.07, 6.45) is 1.14. The lowest BCUT2D eigenvalue weighted by molar-refractivity contribution is -0.149. The Bertz CT molecular complexity index is 263. The first-order chi connectivity index (χ1) is 6.93. The lowest BCUT2D eigenvalue weighted by atomic mass is 10.0. The van der Waals surface area contributed by atoms with Crippen LogP contribution < -0.4 is 0 Å². The predicted octanol–water partition coefficient (Wildman–Crippen LogP) is 0.0580. The van der Waals surface area contributed by atoms with Crippen molar-refractivity contribution in [2.45, 2.75) is 19.4 Å². The first-order valence-corrected chi connectivity index (χ1v) is 4.91. The molecule has 0 aromatic heterocycles. The highest BCUT2D eigenvalue weighted by Gasteiger charge is 2.33. The molecule has 5 heteroatoms. The van der Waals surface area contributed by atoms with Gasteiger partial charge in [0.1, 0.15) is 0 Å². The number of carbonyl (C=O) groups is 1. The highest BCUT2D eigenvalue weighted by Crippen LogP contribution is 2.13. The molecule has 0 aromatic rings. The molecular formula is C10H17NO4. The summed E-state index contributed by atoms with van der Waals surface area (Å²) in [6.45, 7) is 4.72. The topological polar surface area (TPSA) is 70.0 Å². The summed E-state index contributed by atoms with van der Waals surface area (Å²) < 4.78 is 5.10. The van der Waals surface area contributed by atoms with Crippen LogP contribution in [0.5, 0.6) is 0 Å². The van der Waals surface area contributed by atoms with Gasteiger partial charge in [-0.15, -0.1) is 0 Å². The van der Waals surface area contributed by atoms with E-state index in [9.17, 15) is 9.90 Å². The van der Waals surface area contributed by atoms with Crippen molar-refractivity contribution >= 4 is 5.91 Å². The zero-order valence-electron chi connectivity index (χ0n) is 9.06. The molecule has 1 aliphatic heterocycles. The summed E-state index contributed by atoms with van der Waals surface area (Å²) in [5, 5.41) is 18.9. The van der Waals surface area contributed by atoms with E-state index >= 15 is 0 Å². The van der Waals surface area contributed by atoms with E-state index in [1.165, 1.54) is 18.7 Å². The fraction of sp³-hybridized carbons (Fsp3) is 0.700. The second-order valence-electron chi connectivity index (χ2n) is 3.84. The Morgan fingerprint density at radius 1 is 1.47 bits per heavy atom. The normalized spacial score (nSPS) is 22.3. The number of hydrogen-bond acceptors (Lipinski definition) is 4. The highest BCUT2D eigenvalue weighted by atomic mass is 16.5. The average molecular weight is 215 g/mol. The van der Waals surface area contributed by atoms with Gasteiger partial charge in [0.25, 0.3) is 5.91 Å². The van der Waals surface area contributed by atoms with Crippen molar-refractivity contribution in [3.63, 3.8) is 0 Å². The fourth-order valence-electron chi connectivity index (χ4n) is 1.56. The van der Waals surface area contributed by atoms with Gasteiger partial charge in [-0.1, -0.05) is 0 Å².